The molecular formula is C30H36N6O5. The van der Waals surface area contributed by atoms with Crippen LogP contribution in [0.5, 0.6) is 11.5 Å². The van der Waals surface area contributed by atoms with Gasteiger partial charge in [-0.25, -0.2) is 4.79 Å². The standard InChI is InChI=1S/C30H36N6O5/c31-23-3-1-2-4-25(23)34-29(37)26-9-5-21(18-33-26)24(35-30(32)38)8-6-22(19-36-11-13-39-14-12-36)20-7-10-27-28(17-20)41-16-15-40-27/h1-5,7,9-10,17-18,22,24H,6,8,11-16,19,31H2,(H,34,37)(H3,32,35,38). The second kappa shape index (κ2) is 13.3. The summed E-state index contributed by atoms with van der Waals surface area (Å²) in [6, 6.07) is 15.5. The number of carbonyl (C=O) groups excluding carboxylic acids is 2. The van der Waals surface area contributed by atoms with Gasteiger partial charge >= 0.3 is 6.03 Å². The summed E-state index contributed by atoms with van der Waals surface area (Å²) in [7, 11) is 0. The fourth-order valence-corrected chi connectivity index (χ4v) is 5.18. The lowest BCUT2D eigenvalue weighted by molar-refractivity contribution is 0.0344. The minimum absolute atomic E-state index is 0.162. The number of nitrogens with two attached hydrogens (primary N) is 2. The topological polar surface area (TPSA) is 154 Å². The number of hydrogen-bond donors (Lipinski definition) is 4. The number of anilines is 2. The fourth-order valence-electron chi connectivity index (χ4n) is 5.18. The number of nitrogen functional groups attached to an aromatic ring is 1. The van der Waals surface area contributed by atoms with Crippen molar-refractivity contribution in [2.75, 3.05) is 57.1 Å². The van der Waals surface area contributed by atoms with Gasteiger partial charge in [0.2, 0.25) is 0 Å². The maximum absolute atomic E-state index is 12.7. The van der Waals surface area contributed by atoms with Gasteiger partial charge in [-0.05, 0) is 60.2 Å². The molecule has 11 heteroatoms. The maximum atomic E-state index is 12.7. The first kappa shape index (κ1) is 28.2. The van der Waals surface area contributed by atoms with Crippen molar-refractivity contribution in [1.29, 1.82) is 0 Å². The predicted octanol–water partition coefficient (Wildman–Crippen LogP) is 3.29. The summed E-state index contributed by atoms with van der Waals surface area (Å²) >= 11 is 0. The molecule has 0 bridgehead atoms. The average Bonchev–Trinajstić information content (AvgIpc) is 3.00. The van der Waals surface area contributed by atoms with Gasteiger partial charge in [-0.15, -0.1) is 0 Å². The number of ether oxygens (including phenoxy) is 3. The van der Waals surface area contributed by atoms with E-state index in [1.54, 1.807) is 42.6 Å². The number of fused-ring (bicyclic) bond motifs is 1. The van der Waals surface area contributed by atoms with Gasteiger partial charge in [0.15, 0.2) is 11.5 Å². The molecule has 216 valence electrons. The Bertz CT molecular complexity index is 1350. The van der Waals surface area contributed by atoms with Crippen LogP contribution < -0.4 is 31.6 Å². The summed E-state index contributed by atoms with van der Waals surface area (Å²) in [5, 5.41) is 5.63. The van der Waals surface area contributed by atoms with Crippen LogP contribution in [-0.2, 0) is 4.74 Å². The lowest BCUT2D eigenvalue weighted by Crippen LogP contribution is -2.39. The number of pyridine rings is 1. The summed E-state index contributed by atoms with van der Waals surface area (Å²) in [6.07, 6.45) is 2.97. The highest BCUT2D eigenvalue weighted by Crippen LogP contribution is 2.36. The molecule has 0 aliphatic carbocycles. The molecule has 11 nitrogen and oxygen atoms in total. The Hall–Kier alpha value is -4.35. The molecule has 3 amide bonds. The number of carbonyl (C=O) groups is 2. The highest BCUT2D eigenvalue weighted by molar-refractivity contribution is 6.04. The molecule has 6 N–H and O–H groups in total. The number of urea groups is 1. The van der Waals surface area contributed by atoms with E-state index >= 15 is 0 Å². The fraction of sp³-hybridized carbons (Fsp3) is 0.367. The van der Waals surface area contributed by atoms with Crippen LogP contribution in [-0.4, -0.2) is 67.9 Å². The van der Waals surface area contributed by atoms with Crippen LogP contribution in [0.4, 0.5) is 16.2 Å². The SMILES string of the molecule is NC(=O)NC(CCC(CN1CCOCC1)c1ccc2c(c1)OCCO2)c1ccc(C(=O)Nc2ccccc2N)nc1. The van der Waals surface area contributed by atoms with E-state index < -0.39 is 6.03 Å². The number of amides is 3. The molecule has 41 heavy (non-hydrogen) atoms. The Labute approximate surface area is 239 Å². The first-order valence-corrected chi connectivity index (χ1v) is 13.8. The highest BCUT2D eigenvalue weighted by Gasteiger charge is 2.24. The molecule has 0 saturated carbocycles. The Morgan fingerprint density at radius 2 is 1.68 bits per heavy atom. The molecule has 5 rings (SSSR count). The lowest BCUT2D eigenvalue weighted by atomic mass is 9.90. The van der Waals surface area contributed by atoms with Gasteiger partial charge in [-0.2, -0.15) is 0 Å². The molecule has 0 spiro atoms. The summed E-state index contributed by atoms with van der Waals surface area (Å²) in [6.45, 7) is 5.06. The van der Waals surface area contributed by atoms with Crippen molar-refractivity contribution in [2.45, 2.75) is 24.8 Å². The maximum Gasteiger partial charge on any atom is 0.312 e. The largest absolute Gasteiger partial charge is 0.486 e. The Kier molecular flexibility index (Phi) is 9.17. The van der Waals surface area contributed by atoms with Crippen LogP contribution in [0.2, 0.25) is 0 Å². The Morgan fingerprint density at radius 1 is 0.927 bits per heavy atom. The van der Waals surface area contributed by atoms with Gasteiger partial charge < -0.3 is 36.3 Å². The molecule has 1 aromatic heterocycles. The van der Waals surface area contributed by atoms with Gasteiger partial charge in [-0.1, -0.05) is 24.3 Å². The zero-order chi connectivity index (χ0) is 28.6. The molecule has 1 saturated heterocycles. The number of benzene rings is 2. The van der Waals surface area contributed by atoms with E-state index in [1.165, 1.54) is 0 Å². The van der Waals surface area contributed by atoms with E-state index in [1.807, 2.05) is 6.07 Å². The number of morpholine rings is 1. The second-order valence-electron chi connectivity index (χ2n) is 10.2. The van der Waals surface area contributed by atoms with Crippen LogP contribution in [0, 0.1) is 0 Å². The van der Waals surface area contributed by atoms with Gasteiger partial charge in [0.05, 0.1) is 30.6 Å². The van der Waals surface area contributed by atoms with Crippen molar-refractivity contribution in [1.82, 2.24) is 15.2 Å². The van der Waals surface area contributed by atoms with Crippen molar-refractivity contribution >= 4 is 23.3 Å². The number of rotatable bonds is 10. The van der Waals surface area contributed by atoms with Crippen molar-refractivity contribution in [2.24, 2.45) is 5.73 Å². The number of hydrogen-bond acceptors (Lipinski definition) is 8. The van der Waals surface area contributed by atoms with E-state index in [0.717, 1.165) is 48.7 Å². The van der Waals surface area contributed by atoms with Gasteiger partial charge in [0.25, 0.3) is 5.91 Å². The number of aromatic nitrogens is 1. The third kappa shape index (κ3) is 7.44. The quantitative estimate of drug-likeness (QED) is 0.276. The number of primary amides is 1. The number of para-hydroxylation sites is 2. The highest BCUT2D eigenvalue weighted by atomic mass is 16.6. The van der Waals surface area contributed by atoms with Crippen LogP contribution >= 0.6 is 0 Å². The predicted molar refractivity (Wildman–Crippen MR) is 155 cm³/mol. The summed E-state index contributed by atoms with van der Waals surface area (Å²) < 4.78 is 17.1. The lowest BCUT2D eigenvalue weighted by Gasteiger charge is -2.32. The third-order valence-corrected chi connectivity index (χ3v) is 7.37. The first-order valence-electron chi connectivity index (χ1n) is 13.8. The van der Waals surface area contributed by atoms with Crippen molar-refractivity contribution in [3.8, 4) is 11.5 Å². The smallest absolute Gasteiger partial charge is 0.312 e. The molecule has 0 radical (unpaired) electrons. The number of nitrogens with one attached hydrogen (secondary N) is 2. The van der Waals surface area contributed by atoms with Crippen molar-refractivity contribution in [3.63, 3.8) is 0 Å². The monoisotopic (exact) mass is 560 g/mol. The van der Waals surface area contributed by atoms with Gasteiger partial charge in [0.1, 0.15) is 18.9 Å². The molecule has 1 fully saturated rings. The van der Waals surface area contributed by atoms with Crippen molar-refractivity contribution in [3.05, 3.63) is 77.6 Å². The minimum atomic E-state index is -0.625. The molecule has 3 heterocycles. The average molecular weight is 561 g/mol. The first-order chi connectivity index (χ1) is 20.0. The van der Waals surface area contributed by atoms with Crippen LogP contribution in [0.15, 0.2) is 60.8 Å². The molecule has 2 aromatic carbocycles. The third-order valence-electron chi connectivity index (χ3n) is 7.37. The van der Waals surface area contributed by atoms with Gasteiger partial charge in [-0.3, -0.25) is 14.7 Å². The zero-order valence-corrected chi connectivity index (χ0v) is 22.9. The Morgan fingerprint density at radius 3 is 2.41 bits per heavy atom. The van der Waals surface area contributed by atoms with Crippen LogP contribution in [0.25, 0.3) is 0 Å². The molecular weight excluding hydrogens is 524 g/mol. The summed E-state index contributed by atoms with van der Waals surface area (Å²) in [5.41, 5.74) is 14.6. The van der Waals surface area contributed by atoms with E-state index in [-0.39, 0.29) is 23.6 Å². The molecule has 2 aliphatic rings. The van der Waals surface area contributed by atoms with Crippen LogP contribution in [0.3, 0.4) is 0 Å². The normalized spacial score (nSPS) is 16.4. The van der Waals surface area contributed by atoms with E-state index in [2.05, 4.69) is 32.7 Å². The van der Waals surface area contributed by atoms with E-state index in [4.69, 9.17) is 25.7 Å². The van der Waals surface area contributed by atoms with Crippen molar-refractivity contribution < 1.29 is 23.8 Å². The molecule has 3 aromatic rings. The second-order valence-corrected chi connectivity index (χ2v) is 10.2. The minimum Gasteiger partial charge on any atom is -0.486 e. The number of nitrogens with zero attached hydrogens (tertiary/aromatic N) is 2. The van der Waals surface area contributed by atoms with Crippen LogP contribution in [0.1, 0.15) is 46.4 Å². The molecule has 2 atom stereocenters. The molecule has 2 unspecified atom stereocenters. The Balaban J connectivity index is 1.31. The molecule has 2 aliphatic heterocycles. The summed E-state index contributed by atoms with van der Waals surface area (Å²) in [5.74, 6) is 1.29. The summed E-state index contributed by atoms with van der Waals surface area (Å²) in [4.78, 5) is 31.4. The van der Waals surface area contributed by atoms with E-state index in [0.29, 0.717) is 44.2 Å². The zero-order valence-electron chi connectivity index (χ0n) is 22.9. The van der Waals surface area contributed by atoms with E-state index in [9.17, 15) is 9.59 Å². The van der Waals surface area contributed by atoms with Gasteiger partial charge in [0, 0.05) is 25.8 Å².